The smallest absolute Gasteiger partial charge is 0.293 e. The number of halogens is 1. The van der Waals surface area contributed by atoms with Crippen molar-refractivity contribution in [1.82, 2.24) is 5.32 Å². The number of aliphatic hydroxyl groups excluding tert-OH is 1. The predicted octanol–water partition coefficient (Wildman–Crippen LogP) is 3.07. The minimum absolute atomic E-state index is 0.0822. The molecular formula is C17H11BrN2O5. The molecule has 0 aromatic heterocycles. The summed E-state index contributed by atoms with van der Waals surface area (Å²) in [5.41, 5.74) is 0.654. The van der Waals surface area contributed by atoms with Crippen molar-refractivity contribution < 1.29 is 19.6 Å². The maximum absolute atomic E-state index is 12.2. The summed E-state index contributed by atoms with van der Waals surface area (Å²) in [6.07, 6.45) is 0. The van der Waals surface area contributed by atoms with Gasteiger partial charge in [-0.15, -0.1) is 0 Å². The van der Waals surface area contributed by atoms with Gasteiger partial charge in [0.05, 0.1) is 16.5 Å². The van der Waals surface area contributed by atoms with E-state index in [1.54, 1.807) is 24.3 Å². The molecule has 1 saturated heterocycles. The minimum Gasteiger partial charge on any atom is -0.507 e. The molecule has 1 fully saturated rings. The van der Waals surface area contributed by atoms with Crippen LogP contribution in [0.4, 0.5) is 5.69 Å². The number of carbonyl (C=O) groups excluding carboxylic acids is 2. The Kier molecular flexibility index (Phi) is 4.37. The summed E-state index contributed by atoms with van der Waals surface area (Å²) in [6, 6.07) is 11.2. The summed E-state index contributed by atoms with van der Waals surface area (Å²) in [5, 5.41) is 23.8. The molecule has 0 aliphatic carbocycles. The molecule has 0 saturated carbocycles. The molecular weight excluding hydrogens is 392 g/mol. The number of benzene rings is 2. The number of nitro groups is 1. The van der Waals surface area contributed by atoms with Gasteiger partial charge >= 0.3 is 0 Å². The lowest BCUT2D eigenvalue weighted by atomic mass is 9.96. The number of nitro benzene ring substituents is 1. The monoisotopic (exact) mass is 402 g/mol. The Hall–Kier alpha value is -3.00. The number of aliphatic hydroxyl groups is 1. The van der Waals surface area contributed by atoms with Crippen LogP contribution in [0.3, 0.4) is 0 Å². The molecule has 0 bridgehead atoms. The largest absolute Gasteiger partial charge is 0.507 e. The summed E-state index contributed by atoms with van der Waals surface area (Å²) in [6.45, 7) is 0. The summed E-state index contributed by atoms with van der Waals surface area (Å²) in [5.74, 6) is -1.97. The SMILES string of the molecule is O=C1NC(c2ccc([N+](=O)[O-])cc2)/C(=C(/O)c2ccc(Br)cc2)C1=O. The van der Waals surface area contributed by atoms with Crippen LogP contribution in [0.25, 0.3) is 5.76 Å². The normalized spacial score (nSPS) is 18.8. The number of Topliss-reactive ketones (excluding diaryl/α,β-unsaturated/α-hetero) is 1. The Balaban J connectivity index is 2.07. The van der Waals surface area contributed by atoms with Gasteiger partial charge in [0.2, 0.25) is 0 Å². The van der Waals surface area contributed by atoms with E-state index in [1.165, 1.54) is 24.3 Å². The molecule has 2 N–H and O–H groups in total. The highest BCUT2D eigenvalue weighted by Crippen LogP contribution is 2.33. The standard InChI is InChI=1S/C17H11BrN2O5/c18-11-5-1-10(2-6-11)15(21)13-14(19-17(23)16(13)22)9-3-7-12(8-4-9)20(24)25/h1-8,14,21H,(H,19,23)/b15-13-. The Morgan fingerprint density at radius 2 is 1.68 bits per heavy atom. The number of rotatable bonds is 3. The number of non-ortho nitro benzene ring substituents is 1. The molecule has 1 aliphatic rings. The predicted molar refractivity (Wildman–Crippen MR) is 92.7 cm³/mol. The van der Waals surface area contributed by atoms with Gasteiger partial charge in [0, 0.05) is 22.2 Å². The second-order valence-electron chi connectivity index (χ2n) is 5.35. The maximum atomic E-state index is 12.2. The van der Waals surface area contributed by atoms with Crippen molar-refractivity contribution in [2.45, 2.75) is 6.04 Å². The van der Waals surface area contributed by atoms with E-state index < -0.39 is 22.7 Å². The molecule has 0 radical (unpaired) electrons. The molecule has 3 rings (SSSR count). The zero-order valence-corrected chi connectivity index (χ0v) is 14.2. The van der Waals surface area contributed by atoms with Gasteiger partial charge in [-0.1, -0.05) is 28.1 Å². The van der Waals surface area contributed by atoms with Crippen LogP contribution in [0.15, 0.2) is 58.6 Å². The first-order valence-electron chi connectivity index (χ1n) is 7.17. The van der Waals surface area contributed by atoms with Crippen LogP contribution in [0.5, 0.6) is 0 Å². The number of ketones is 1. The highest BCUT2D eigenvalue weighted by molar-refractivity contribution is 9.10. The van der Waals surface area contributed by atoms with Crippen LogP contribution in [0, 0.1) is 10.1 Å². The summed E-state index contributed by atoms with van der Waals surface area (Å²) in [4.78, 5) is 34.2. The van der Waals surface area contributed by atoms with Crippen molar-refractivity contribution in [3.8, 4) is 0 Å². The number of carbonyl (C=O) groups is 2. The highest BCUT2D eigenvalue weighted by atomic mass is 79.9. The third-order valence-corrected chi connectivity index (χ3v) is 4.35. The first-order valence-corrected chi connectivity index (χ1v) is 7.96. The highest BCUT2D eigenvalue weighted by Gasteiger charge is 2.39. The molecule has 7 nitrogen and oxygen atoms in total. The first kappa shape index (κ1) is 16.8. The van der Waals surface area contributed by atoms with Crippen LogP contribution < -0.4 is 5.32 Å². The average Bonchev–Trinajstić information content (AvgIpc) is 2.90. The van der Waals surface area contributed by atoms with E-state index in [9.17, 15) is 24.8 Å². The summed E-state index contributed by atoms with van der Waals surface area (Å²) < 4.78 is 0.799. The van der Waals surface area contributed by atoms with E-state index in [1.807, 2.05) is 0 Å². The lowest BCUT2D eigenvalue weighted by Gasteiger charge is -2.13. The van der Waals surface area contributed by atoms with E-state index in [2.05, 4.69) is 21.2 Å². The molecule has 126 valence electrons. The Labute approximate surface area is 150 Å². The van der Waals surface area contributed by atoms with E-state index in [-0.39, 0.29) is 17.0 Å². The number of hydrogen-bond donors (Lipinski definition) is 2. The molecule has 2 aromatic rings. The molecule has 1 heterocycles. The van der Waals surface area contributed by atoms with Crippen molar-refractivity contribution in [3.63, 3.8) is 0 Å². The fourth-order valence-electron chi connectivity index (χ4n) is 2.57. The molecule has 0 spiro atoms. The van der Waals surface area contributed by atoms with E-state index in [0.717, 1.165) is 4.47 Å². The fourth-order valence-corrected chi connectivity index (χ4v) is 2.83. The van der Waals surface area contributed by atoms with Gasteiger partial charge in [-0.05, 0) is 29.8 Å². The topological polar surface area (TPSA) is 110 Å². The van der Waals surface area contributed by atoms with E-state index >= 15 is 0 Å². The van der Waals surface area contributed by atoms with Gasteiger partial charge in [0.1, 0.15) is 5.76 Å². The van der Waals surface area contributed by atoms with E-state index in [4.69, 9.17) is 0 Å². The quantitative estimate of drug-likeness (QED) is 0.269. The lowest BCUT2D eigenvalue weighted by Crippen LogP contribution is -2.21. The fraction of sp³-hybridized carbons (Fsp3) is 0.0588. The van der Waals surface area contributed by atoms with Gasteiger partial charge in [-0.25, -0.2) is 0 Å². The molecule has 1 amide bonds. The number of amides is 1. The molecule has 8 heteroatoms. The van der Waals surface area contributed by atoms with Crippen molar-refractivity contribution >= 4 is 39.1 Å². The summed E-state index contributed by atoms with van der Waals surface area (Å²) >= 11 is 3.28. The third kappa shape index (κ3) is 3.16. The molecule has 1 atom stereocenters. The third-order valence-electron chi connectivity index (χ3n) is 3.82. The maximum Gasteiger partial charge on any atom is 0.293 e. The van der Waals surface area contributed by atoms with Crippen LogP contribution >= 0.6 is 15.9 Å². The second-order valence-corrected chi connectivity index (χ2v) is 6.27. The van der Waals surface area contributed by atoms with Crippen molar-refractivity contribution in [2.75, 3.05) is 0 Å². The molecule has 2 aromatic carbocycles. The van der Waals surface area contributed by atoms with Crippen LogP contribution in [0.1, 0.15) is 17.2 Å². The van der Waals surface area contributed by atoms with Crippen LogP contribution in [-0.2, 0) is 9.59 Å². The zero-order valence-electron chi connectivity index (χ0n) is 12.6. The molecule has 25 heavy (non-hydrogen) atoms. The van der Waals surface area contributed by atoms with Gasteiger partial charge in [-0.3, -0.25) is 19.7 Å². The van der Waals surface area contributed by atoms with E-state index in [0.29, 0.717) is 11.1 Å². The van der Waals surface area contributed by atoms with Gasteiger partial charge in [0.25, 0.3) is 17.4 Å². The van der Waals surface area contributed by atoms with Crippen LogP contribution in [-0.4, -0.2) is 21.7 Å². The number of nitrogens with one attached hydrogen (secondary N) is 1. The Morgan fingerprint density at radius 3 is 2.24 bits per heavy atom. The molecule has 1 unspecified atom stereocenters. The van der Waals surface area contributed by atoms with Crippen LogP contribution in [0.2, 0.25) is 0 Å². The first-order chi connectivity index (χ1) is 11.9. The average molecular weight is 403 g/mol. The number of nitrogens with zero attached hydrogens (tertiary/aromatic N) is 1. The van der Waals surface area contributed by atoms with Gasteiger partial charge < -0.3 is 10.4 Å². The van der Waals surface area contributed by atoms with Crippen molar-refractivity contribution in [1.29, 1.82) is 0 Å². The summed E-state index contributed by atoms with van der Waals surface area (Å²) in [7, 11) is 0. The van der Waals surface area contributed by atoms with Crippen molar-refractivity contribution in [2.24, 2.45) is 0 Å². The van der Waals surface area contributed by atoms with Crippen molar-refractivity contribution in [3.05, 3.63) is 79.8 Å². The lowest BCUT2D eigenvalue weighted by molar-refractivity contribution is -0.384. The molecule has 1 aliphatic heterocycles. The van der Waals surface area contributed by atoms with Gasteiger partial charge in [-0.2, -0.15) is 0 Å². The Bertz CT molecular complexity index is 904. The van der Waals surface area contributed by atoms with Gasteiger partial charge in [0.15, 0.2) is 0 Å². The Morgan fingerprint density at radius 1 is 1.08 bits per heavy atom. The second kappa shape index (κ2) is 6.48. The number of hydrogen-bond acceptors (Lipinski definition) is 5. The zero-order chi connectivity index (χ0) is 18.1. The minimum atomic E-state index is -0.871.